The molecule has 1 fully saturated rings. The molecule has 3 aromatic rings. The number of nitrogens with zero attached hydrogens (tertiary/aromatic N) is 4. The maximum absolute atomic E-state index is 14.6. The van der Waals surface area contributed by atoms with Gasteiger partial charge in [-0.05, 0) is 42.5 Å². The predicted octanol–water partition coefficient (Wildman–Crippen LogP) is 3.22. The second-order valence-corrected chi connectivity index (χ2v) is 10.5. The molecule has 38 heavy (non-hydrogen) atoms. The minimum absolute atomic E-state index is 0.0169. The van der Waals surface area contributed by atoms with E-state index in [2.05, 4.69) is 24.6 Å². The number of nitrogens with two attached hydrogens (primary N) is 1. The highest BCUT2D eigenvalue weighted by Crippen LogP contribution is 2.36. The number of aromatic nitrogens is 4. The molecular formula is C22H23ClF4N6O4S. The van der Waals surface area contributed by atoms with Gasteiger partial charge in [0.2, 0.25) is 0 Å². The molecule has 0 bridgehead atoms. The number of rotatable bonds is 9. The van der Waals surface area contributed by atoms with Crippen molar-refractivity contribution in [2.45, 2.75) is 43.9 Å². The zero-order valence-electron chi connectivity index (χ0n) is 19.5. The molecule has 1 aliphatic carbocycles. The van der Waals surface area contributed by atoms with Crippen LogP contribution in [0.3, 0.4) is 0 Å². The molecule has 0 radical (unpaired) electrons. The highest BCUT2D eigenvalue weighted by atomic mass is 35.5. The summed E-state index contributed by atoms with van der Waals surface area (Å²) in [6, 6.07) is 4.28. The van der Waals surface area contributed by atoms with Crippen molar-refractivity contribution in [1.82, 2.24) is 19.7 Å². The first kappa shape index (κ1) is 28.2. The summed E-state index contributed by atoms with van der Waals surface area (Å²) in [5, 5.41) is 22.5. The van der Waals surface area contributed by atoms with Crippen LogP contribution < -0.4 is 10.5 Å². The van der Waals surface area contributed by atoms with Gasteiger partial charge in [0.15, 0.2) is 0 Å². The van der Waals surface area contributed by atoms with Crippen LogP contribution in [-0.4, -0.2) is 52.1 Å². The fourth-order valence-corrected chi connectivity index (χ4v) is 4.85. The Morgan fingerprint density at radius 3 is 2.76 bits per heavy atom. The number of halogens is 5. The first-order valence-electron chi connectivity index (χ1n) is 11.2. The summed E-state index contributed by atoms with van der Waals surface area (Å²) in [7, 11) is -4.14. The van der Waals surface area contributed by atoms with Crippen LogP contribution >= 0.6 is 11.6 Å². The van der Waals surface area contributed by atoms with E-state index in [9.17, 15) is 31.1 Å². The van der Waals surface area contributed by atoms with Crippen molar-refractivity contribution in [3.63, 3.8) is 0 Å². The first-order valence-corrected chi connectivity index (χ1v) is 13.1. The van der Waals surface area contributed by atoms with Crippen LogP contribution in [0.1, 0.15) is 41.3 Å². The topological polar surface area (TPSA) is 145 Å². The smallest absolute Gasteiger partial charge is 0.382 e. The van der Waals surface area contributed by atoms with Crippen molar-refractivity contribution >= 4 is 27.7 Å². The van der Waals surface area contributed by atoms with Crippen LogP contribution in [0.2, 0.25) is 5.02 Å². The minimum atomic E-state index is -4.61. The molecule has 0 amide bonds. The Hall–Kier alpha value is -2.85. The summed E-state index contributed by atoms with van der Waals surface area (Å²) in [6.07, 6.45) is -2.99. The van der Waals surface area contributed by atoms with Crippen molar-refractivity contribution in [3.8, 4) is 0 Å². The van der Waals surface area contributed by atoms with E-state index in [0.717, 1.165) is 12.1 Å². The van der Waals surface area contributed by atoms with Gasteiger partial charge in [0, 0.05) is 18.0 Å². The molecule has 2 heterocycles. The van der Waals surface area contributed by atoms with Crippen molar-refractivity contribution in [3.05, 3.63) is 70.4 Å². The summed E-state index contributed by atoms with van der Waals surface area (Å²) in [5.41, 5.74) is -0.305. The Balaban J connectivity index is 1.46. The largest absolute Gasteiger partial charge is 0.417 e. The average molecular weight is 579 g/mol. The van der Waals surface area contributed by atoms with Crippen LogP contribution in [-0.2, 0) is 27.2 Å². The lowest BCUT2D eigenvalue weighted by Gasteiger charge is -2.19. The monoisotopic (exact) mass is 578 g/mol. The molecule has 4 N–H and O–H groups in total. The number of hydrogen-bond donors (Lipinski definition) is 3. The van der Waals surface area contributed by atoms with E-state index >= 15 is 0 Å². The van der Waals surface area contributed by atoms with Gasteiger partial charge in [0.25, 0.3) is 0 Å². The number of aliphatic hydroxyl groups excluding tert-OH is 1. The fourth-order valence-electron chi connectivity index (χ4n) is 4.24. The minimum Gasteiger partial charge on any atom is -0.382 e. The summed E-state index contributed by atoms with van der Waals surface area (Å²) >= 11 is 5.67. The van der Waals surface area contributed by atoms with Crippen LogP contribution in [0.5, 0.6) is 0 Å². The van der Waals surface area contributed by atoms with E-state index in [-0.39, 0.29) is 43.1 Å². The lowest BCUT2D eigenvalue weighted by atomic mass is 10.1. The second-order valence-electron chi connectivity index (χ2n) is 8.86. The Morgan fingerprint density at radius 2 is 2.05 bits per heavy atom. The summed E-state index contributed by atoms with van der Waals surface area (Å²) < 4.78 is 82.1. The van der Waals surface area contributed by atoms with Crippen molar-refractivity contribution in [1.29, 1.82) is 0 Å². The normalized spacial score (nSPS) is 21.0. The number of alkyl halides is 4. The third kappa shape index (κ3) is 6.96. The van der Waals surface area contributed by atoms with Gasteiger partial charge in [-0.3, -0.25) is 8.86 Å². The van der Waals surface area contributed by atoms with Gasteiger partial charge < -0.3 is 10.4 Å². The number of hydrogen-bond acceptors (Lipinski definition) is 8. The first-order chi connectivity index (χ1) is 17.8. The SMILES string of the molecule is NS(=O)(=O)OC[C@@H]1C[C@H](F)[C@H](Nc2ncncc2C(O)c2ccn(Cc3ccc(Cl)c(C(F)(F)F)c3)n2)C1. The van der Waals surface area contributed by atoms with Crippen LogP contribution in [0, 0.1) is 5.92 Å². The van der Waals surface area contributed by atoms with Crippen molar-refractivity contribution < 1.29 is 35.3 Å². The predicted molar refractivity (Wildman–Crippen MR) is 128 cm³/mol. The average Bonchev–Trinajstić information content (AvgIpc) is 3.44. The number of nitrogens with one attached hydrogen (secondary N) is 1. The Morgan fingerprint density at radius 1 is 1.29 bits per heavy atom. The number of anilines is 1. The van der Waals surface area contributed by atoms with Crippen LogP contribution in [0.15, 0.2) is 43.0 Å². The van der Waals surface area contributed by atoms with Gasteiger partial charge >= 0.3 is 16.5 Å². The van der Waals surface area contributed by atoms with Gasteiger partial charge in [-0.25, -0.2) is 19.5 Å². The second kappa shape index (κ2) is 11.1. The molecule has 206 valence electrons. The molecule has 1 aliphatic rings. The molecule has 0 spiro atoms. The number of benzene rings is 1. The third-order valence-electron chi connectivity index (χ3n) is 6.03. The summed E-state index contributed by atoms with van der Waals surface area (Å²) in [4.78, 5) is 8.01. The van der Waals surface area contributed by atoms with E-state index in [4.69, 9.17) is 16.7 Å². The maximum atomic E-state index is 14.6. The van der Waals surface area contributed by atoms with Gasteiger partial charge in [-0.1, -0.05) is 17.7 Å². The Bertz CT molecular complexity index is 1390. The quantitative estimate of drug-likeness (QED) is 0.328. The van der Waals surface area contributed by atoms with E-state index in [1.54, 1.807) is 0 Å². The van der Waals surface area contributed by atoms with Gasteiger partial charge in [-0.15, -0.1) is 0 Å². The van der Waals surface area contributed by atoms with Gasteiger partial charge in [-0.2, -0.15) is 26.7 Å². The molecule has 0 aliphatic heterocycles. The van der Waals surface area contributed by atoms with E-state index in [1.165, 1.54) is 35.5 Å². The molecule has 10 nitrogen and oxygen atoms in total. The van der Waals surface area contributed by atoms with Crippen LogP contribution in [0.25, 0.3) is 0 Å². The molecule has 4 rings (SSSR count). The fraction of sp³-hybridized carbons (Fsp3) is 0.409. The molecule has 1 unspecified atom stereocenters. The highest BCUT2D eigenvalue weighted by molar-refractivity contribution is 7.84. The summed E-state index contributed by atoms with van der Waals surface area (Å²) in [6.45, 7) is -0.275. The van der Waals surface area contributed by atoms with Gasteiger partial charge in [0.1, 0.15) is 24.4 Å². The Labute approximate surface area is 220 Å². The zero-order valence-corrected chi connectivity index (χ0v) is 21.1. The third-order valence-corrected chi connectivity index (χ3v) is 6.82. The van der Waals surface area contributed by atoms with Crippen LogP contribution in [0.4, 0.5) is 23.4 Å². The molecule has 16 heteroatoms. The lowest BCUT2D eigenvalue weighted by Crippen LogP contribution is -2.27. The standard InChI is InChI=1S/C22H23ClF4N6O4S/c23-16-2-1-12(5-15(16)22(25,26)27)9-33-4-3-18(32-33)20(34)14-8-29-11-30-21(14)31-19-7-13(6-17(19)24)10-37-38(28,35)36/h1-5,8,11,13,17,19-20,34H,6-7,9-10H2,(H2,28,35,36)(H,29,30,31)/t13-,17+,19-,20?/m1/s1. The highest BCUT2D eigenvalue weighted by Gasteiger charge is 2.36. The molecule has 1 aromatic carbocycles. The summed E-state index contributed by atoms with van der Waals surface area (Å²) in [5.74, 6) is -0.257. The zero-order chi connectivity index (χ0) is 27.7. The molecule has 2 aromatic heterocycles. The van der Waals surface area contributed by atoms with E-state index in [0.29, 0.717) is 5.56 Å². The van der Waals surface area contributed by atoms with Crippen molar-refractivity contribution in [2.75, 3.05) is 11.9 Å². The Kier molecular flexibility index (Phi) is 8.23. The number of aliphatic hydroxyl groups is 1. The molecular weight excluding hydrogens is 556 g/mol. The van der Waals surface area contributed by atoms with Crippen molar-refractivity contribution in [2.24, 2.45) is 11.1 Å². The maximum Gasteiger partial charge on any atom is 0.417 e. The molecule has 0 saturated heterocycles. The van der Waals surface area contributed by atoms with E-state index in [1.807, 2.05) is 0 Å². The lowest BCUT2D eigenvalue weighted by molar-refractivity contribution is -0.137. The van der Waals surface area contributed by atoms with E-state index < -0.39 is 51.3 Å². The molecule has 4 atom stereocenters. The van der Waals surface area contributed by atoms with Gasteiger partial charge in [0.05, 0.1) is 35.5 Å². The molecule has 1 saturated carbocycles.